The average molecular weight is 439 g/mol. The van der Waals surface area contributed by atoms with E-state index in [4.69, 9.17) is 11.6 Å². The van der Waals surface area contributed by atoms with Gasteiger partial charge in [0.25, 0.3) is 5.56 Å². The predicted octanol–water partition coefficient (Wildman–Crippen LogP) is 4.34. The summed E-state index contributed by atoms with van der Waals surface area (Å²) >= 11 is 6.02. The summed E-state index contributed by atoms with van der Waals surface area (Å²) in [5.41, 5.74) is 3.80. The molecule has 1 heterocycles. The number of hydrogen-bond acceptors (Lipinski definition) is 4. The smallest absolute Gasteiger partial charge is 0.267 e. The average Bonchev–Trinajstić information content (AvgIpc) is 2.72. The molecule has 0 saturated heterocycles. The number of nitrogens with one attached hydrogen (secondary N) is 2. The second-order valence-corrected chi connectivity index (χ2v) is 7.77. The number of carbonyl (C=O) groups is 2. The Morgan fingerprint density at radius 3 is 2.29 bits per heavy atom. The molecule has 7 nitrogen and oxygen atoms in total. The van der Waals surface area contributed by atoms with E-state index < -0.39 is 11.6 Å². The molecule has 3 rings (SSSR count). The second-order valence-electron chi connectivity index (χ2n) is 7.34. The number of rotatable bonds is 5. The minimum absolute atomic E-state index is 0.181. The molecule has 2 amide bonds. The molecule has 0 fully saturated rings. The molecule has 1 atom stereocenters. The van der Waals surface area contributed by atoms with Crippen molar-refractivity contribution in [1.82, 2.24) is 9.78 Å². The van der Waals surface area contributed by atoms with Crippen molar-refractivity contribution in [3.05, 3.63) is 75.0 Å². The number of carbonyl (C=O) groups excluding carboxylic acids is 2. The molecule has 0 radical (unpaired) electrons. The van der Waals surface area contributed by atoms with Crippen molar-refractivity contribution in [2.24, 2.45) is 0 Å². The highest BCUT2D eigenvalue weighted by Crippen LogP contribution is 2.24. The van der Waals surface area contributed by atoms with E-state index in [0.717, 1.165) is 15.8 Å². The highest BCUT2D eigenvalue weighted by molar-refractivity contribution is 6.31. The maximum absolute atomic E-state index is 12.8. The Kier molecular flexibility index (Phi) is 6.56. The first-order valence-electron chi connectivity index (χ1n) is 9.71. The molecule has 31 heavy (non-hydrogen) atoms. The number of aryl methyl sites for hydroxylation is 2. The molecule has 2 aromatic carbocycles. The predicted molar refractivity (Wildman–Crippen MR) is 123 cm³/mol. The molecule has 0 spiro atoms. The lowest BCUT2D eigenvalue weighted by atomic mass is 10.1. The van der Waals surface area contributed by atoms with E-state index >= 15 is 0 Å². The maximum Gasteiger partial charge on any atom is 0.267 e. The monoisotopic (exact) mass is 438 g/mol. The molecule has 3 aromatic rings. The Bertz CT molecular complexity index is 1220. The second kappa shape index (κ2) is 9.14. The molecule has 0 aliphatic heterocycles. The van der Waals surface area contributed by atoms with Gasteiger partial charge < -0.3 is 10.6 Å². The quantitative estimate of drug-likeness (QED) is 0.619. The first-order chi connectivity index (χ1) is 14.7. The number of hydrogen-bond donors (Lipinski definition) is 2. The Labute approximate surface area is 185 Å². The van der Waals surface area contributed by atoms with E-state index in [1.165, 1.54) is 13.0 Å². The first kappa shape index (κ1) is 22.2. The molecule has 2 N–H and O–H groups in total. The molecule has 1 aromatic heterocycles. The fourth-order valence-electron chi connectivity index (χ4n) is 3.04. The summed E-state index contributed by atoms with van der Waals surface area (Å²) in [4.78, 5) is 36.7. The Morgan fingerprint density at radius 1 is 0.968 bits per heavy atom. The van der Waals surface area contributed by atoms with Gasteiger partial charge in [-0.1, -0.05) is 29.8 Å². The van der Waals surface area contributed by atoms with Gasteiger partial charge in [0.1, 0.15) is 6.04 Å². The molecule has 0 bridgehead atoms. The third-order valence-electron chi connectivity index (χ3n) is 4.87. The minimum atomic E-state index is -0.855. The van der Waals surface area contributed by atoms with Crippen LogP contribution >= 0.6 is 11.6 Å². The van der Waals surface area contributed by atoms with Gasteiger partial charge >= 0.3 is 0 Å². The zero-order valence-corrected chi connectivity index (χ0v) is 18.4. The molecule has 0 aliphatic carbocycles. The topological polar surface area (TPSA) is 93.1 Å². The van der Waals surface area contributed by atoms with Crippen LogP contribution in [0.2, 0.25) is 5.02 Å². The number of nitrogens with zero attached hydrogens (tertiary/aromatic N) is 2. The van der Waals surface area contributed by atoms with E-state index in [9.17, 15) is 14.4 Å². The van der Waals surface area contributed by atoms with Gasteiger partial charge in [-0.05, 0) is 56.2 Å². The van der Waals surface area contributed by atoms with Crippen LogP contribution in [0.3, 0.4) is 0 Å². The van der Waals surface area contributed by atoms with Crippen molar-refractivity contribution >= 4 is 34.8 Å². The van der Waals surface area contributed by atoms with E-state index in [1.807, 2.05) is 26.0 Å². The van der Waals surface area contributed by atoms with E-state index in [2.05, 4.69) is 15.7 Å². The van der Waals surface area contributed by atoms with Crippen molar-refractivity contribution in [3.63, 3.8) is 0 Å². The summed E-state index contributed by atoms with van der Waals surface area (Å²) < 4.78 is 1.14. The minimum Gasteiger partial charge on any atom is -0.326 e. The lowest BCUT2D eigenvalue weighted by Crippen LogP contribution is -2.33. The Hall–Kier alpha value is -3.45. The normalized spacial score (nSPS) is 11.6. The van der Waals surface area contributed by atoms with Gasteiger partial charge in [-0.2, -0.15) is 5.10 Å². The van der Waals surface area contributed by atoms with Gasteiger partial charge in [0.05, 0.1) is 5.69 Å². The van der Waals surface area contributed by atoms with Crippen LogP contribution in [0.25, 0.3) is 11.3 Å². The summed E-state index contributed by atoms with van der Waals surface area (Å²) in [6.45, 7) is 6.77. The van der Waals surface area contributed by atoms with Gasteiger partial charge in [-0.25, -0.2) is 4.68 Å². The van der Waals surface area contributed by atoms with Crippen molar-refractivity contribution in [2.45, 2.75) is 33.7 Å². The van der Waals surface area contributed by atoms with Crippen LogP contribution in [-0.4, -0.2) is 21.6 Å². The first-order valence-corrected chi connectivity index (χ1v) is 10.1. The standard InChI is InChI=1S/C23H23ClN4O3/c1-13-5-7-17(11-20(13)25-16(4)29)19-9-10-22(30)28(27-19)15(3)23(31)26-21-12-18(24)8-6-14(21)2/h5-12,15H,1-4H3,(H,25,29)(H,26,31)/t15-/m1/s1. The lowest BCUT2D eigenvalue weighted by molar-refractivity contribution is -0.119. The zero-order chi connectivity index (χ0) is 22.7. The molecule has 160 valence electrons. The number of aromatic nitrogens is 2. The van der Waals surface area contributed by atoms with Crippen molar-refractivity contribution in [2.75, 3.05) is 10.6 Å². The molecule has 0 saturated carbocycles. The Morgan fingerprint density at radius 2 is 1.61 bits per heavy atom. The fourth-order valence-corrected chi connectivity index (χ4v) is 3.21. The van der Waals surface area contributed by atoms with Crippen LogP contribution in [-0.2, 0) is 9.59 Å². The molecule has 0 unspecified atom stereocenters. The fraction of sp³-hybridized carbons (Fsp3) is 0.217. The van der Waals surface area contributed by atoms with E-state index in [-0.39, 0.29) is 11.8 Å². The van der Waals surface area contributed by atoms with Crippen molar-refractivity contribution in [1.29, 1.82) is 0 Å². The summed E-state index contributed by atoms with van der Waals surface area (Å²) in [7, 11) is 0. The van der Waals surface area contributed by atoms with Crippen LogP contribution in [0.5, 0.6) is 0 Å². The number of benzene rings is 2. The molecular weight excluding hydrogens is 416 g/mol. The van der Waals surface area contributed by atoms with Gasteiger partial charge in [0, 0.05) is 35.0 Å². The summed E-state index contributed by atoms with van der Waals surface area (Å²) in [6.07, 6.45) is 0. The SMILES string of the molecule is CC(=O)Nc1cc(-c2ccc(=O)n([C@H](C)C(=O)Nc3cc(Cl)ccc3C)n2)ccc1C. The third kappa shape index (κ3) is 5.19. The molecule has 0 aliphatic rings. The van der Waals surface area contributed by atoms with Crippen molar-refractivity contribution < 1.29 is 9.59 Å². The lowest BCUT2D eigenvalue weighted by Gasteiger charge is -2.16. The number of halogens is 1. The molecular formula is C23H23ClN4O3. The maximum atomic E-state index is 12.8. The zero-order valence-electron chi connectivity index (χ0n) is 17.7. The third-order valence-corrected chi connectivity index (χ3v) is 5.11. The Balaban J connectivity index is 1.92. The van der Waals surface area contributed by atoms with Crippen LogP contribution in [0, 0.1) is 13.8 Å². The van der Waals surface area contributed by atoms with E-state index in [1.54, 1.807) is 37.3 Å². The van der Waals surface area contributed by atoms with Gasteiger partial charge in [-0.3, -0.25) is 14.4 Å². The van der Waals surface area contributed by atoms with Crippen LogP contribution in [0.1, 0.15) is 31.0 Å². The summed E-state index contributed by atoms with van der Waals surface area (Å²) in [5.74, 6) is -0.570. The van der Waals surface area contributed by atoms with Crippen LogP contribution in [0.4, 0.5) is 11.4 Å². The highest BCUT2D eigenvalue weighted by atomic mass is 35.5. The largest absolute Gasteiger partial charge is 0.326 e. The van der Waals surface area contributed by atoms with Crippen LogP contribution < -0.4 is 16.2 Å². The highest BCUT2D eigenvalue weighted by Gasteiger charge is 2.19. The van der Waals surface area contributed by atoms with Crippen LogP contribution in [0.15, 0.2) is 53.3 Å². The molecule has 8 heteroatoms. The number of anilines is 2. The van der Waals surface area contributed by atoms with Gasteiger partial charge in [-0.15, -0.1) is 0 Å². The number of amides is 2. The summed E-state index contributed by atoms with van der Waals surface area (Å²) in [5, 5.41) is 10.5. The van der Waals surface area contributed by atoms with Gasteiger partial charge in [0.15, 0.2) is 0 Å². The van der Waals surface area contributed by atoms with Gasteiger partial charge in [0.2, 0.25) is 11.8 Å². The van der Waals surface area contributed by atoms with Crippen molar-refractivity contribution in [3.8, 4) is 11.3 Å². The van der Waals surface area contributed by atoms with E-state index in [0.29, 0.717) is 27.7 Å². The summed E-state index contributed by atoms with van der Waals surface area (Å²) in [6, 6.07) is 12.8.